The summed E-state index contributed by atoms with van der Waals surface area (Å²) in [5.74, 6) is -1.93. The molecular weight excluding hydrogens is 302 g/mol. The van der Waals surface area contributed by atoms with Gasteiger partial charge >= 0.3 is 0 Å². The summed E-state index contributed by atoms with van der Waals surface area (Å²) in [5.41, 5.74) is -1.48. The van der Waals surface area contributed by atoms with E-state index in [2.05, 4.69) is 0 Å². The lowest BCUT2D eigenvalue weighted by molar-refractivity contribution is -0.935. The molecule has 0 aliphatic carbocycles. The van der Waals surface area contributed by atoms with E-state index < -0.39 is 27.4 Å². The van der Waals surface area contributed by atoms with Crippen molar-refractivity contribution in [2.45, 2.75) is 31.2 Å². The number of aliphatic hydroxyl groups is 2. The number of carboxylic acid groups (broad SMARTS) is 1. The number of aliphatic hydroxyl groups excluding tert-OH is 2. The number of quaternary nitrogens is 1. The second-order valence-electron chi connectivity index (χ2n) is 5.67. The predicted molar refractivity (Wildman–Crippen MR) is 73.8 cm³/mol. The van der Waals surface area contributed by atoms with Gasteiger partial charge in [0.2, 0.25) is 0 Å². The van der Waals surface area contributed by atoms with E-state index in [1.807, 2.05) is 0 Å². The molecule has 0 saturated carbocycles. The van der Waals surface area contributed by atoms with E-state index in [-0.39, 0.29) is 37.0 Å². The molecule has 0 rings (SSSR count). The molecule has 0 heterocycles. The van der Waals surface area contributed by atoms with Crippen LogP contribution < -0.4 is 5.11 Å². The monoisotopic (exact) mass is 327 g/mol. The third kappa shape index (κ3) is 5.87. The Labute approximate surface area is 125 Å². The standard InChI is InChI=1S/C12H25NO7S/c1-13(2,7-4-8-14)12(6-9-15,11(16)17)5-3-10-21(18,19)20/h14-15H,3-10H2,1-2H3,(H-,16,17,18,19,20). The molecule has 3 N–H and O–H groups in total. The minimum Gasteiger partial charge on any atom is -0.544 e. The number of nitrogens with zero attached hydrogens (tertiary/aromatic N) is 1. The summed E-state index contributed by atoms with van der Waals surface area (Å²) < 4.78 is 30.2. The normalized spacial score (nSPS) is 15.7. The van der Waals surface area contributed by atoms with Crippen molar-refractivity contribution in [2.75, 3.05) is 39.6 Å². The highest BCUT2D eigenvalue weighted by atomic mass is 32.2. The molecule has 0 aliphatic heterocycles. The fourth-order valence-corrected chi connectivity index (χ4v) is 3.10. The first kappa shape index (κ1) is 20.3. The predicted octanol–water partition coefficient (Wildman–Crippen LogP) is -2.02. The minimum absolute atomic E-state index is 0.0536. The van der Waals surface area contributed by atoms with Crippen molar-refractivity contribution in [3.63, 3.8) is 0 Å². The number of carboxylic acids is 1. The Hall–Kier alpha value is -0.740. The first-order valence-electron chi connectivity index (χ1n) is 6.74. The molecule has 0 amide bonds. The van der Waals surface area contributed by atoms with Crippen LogP contribution in [0.1, 0.15) is 25.7 Å². The summed E-state index contributed by atoms with van der Waals surface area (Å²) in [7, 11) is -0.905. The quantitative estimate of drug-likeness (QED) is 0.294. The Bertz CT molecular complexity index is 435. The molecular formula is C12H25NO7S. The number of carbonyl (C=O) groups is 1. The van der Waals surface area contributed by atoms with Gasteiger partial charge in [0.1, 0.15) is 11.5 Å². The van der Waals surface area contributed by atoms with Gasteiger partial charge in [0.25, 0.3) is 10.1 Å². The average Bonchev–Trinajstić information content (AvgIpc) is 2.33. The van der Waals surface area contributed by atoms with Gasteiger partial charge in [0, 0.05) is 32.5 Å². The highest BCUT2D eigenvalue weighted by Gasteiger charge is 2.46. The average molecular weight is 327 g/mol. The Morgan fingerprint density at radius 1 is 1.14 bits per heavy atom. The van der Waals surface area contributed by atoms with Crippen molar-refractivity contribution in [1.29, 1.82) is 0 Å². The first-order chi connectivity index (χ1) is 9.52. The van der Waals surface area contributed by atoms with Gasteiger partial charge in [-0.1, -0.05) is 0 Å². The van der Waals surface area contributed by atoms with E-state index in [9.17, 15) is 23.4 Å². The Morgan fingerprint density at radius 2 is 1.71 bits per heavy atom. The molecule has 0 aliphatic rings. The summed E-state index contributed by atoms with van der Waals surface area (Å²) in [4.78, 5) is 11.7. The van der Waals surface area contributed by atoms with E-state index in [1.165, 1.54) is 0 Å². The topological polar surface area (TPSA) is 135 Å². The molecule has 0 aromatic heterocycles. The summed E-state index contributed by atoms with van der Waals surface area (Å²) in [5, 5.41) is 29.8. The number of carbonyl (C=O) groups excluding carboxylic acids is 1. The zero-order valence-corrected chi connectivity index (χ0v) is 13.3. The van der Waals surface area contributed by atoms with Crippen LogP contribution in [0, 0.1) is 0 Å². The minimum atomic E-state index is -4.17. The van der Waals surface area contributed by atoms with Gasteiger partial charge in [-0.3, -0.25) is 4.55 Å². The number of aliphatic carboxylic acids is 1. The third-order valence-corrected chi connectivity index (χ3v) is 4.74. The van der Waals surface area contributed by atoms with Crippen molar-refractivity contribution in [3.8, 4) is 0 Å². The number of hydrogen-bond donors (Lipinski definition) is 3. The van der Waals surface area contributed by atoms with Crippen LogP contribution in [0.4, 0.5) is 0 Å². The molecule has 0 radical (unpaired) electrons. The molecule has 0 aromatic rings. The van der Waals surface area contributed by atoms with Crippen molar-refractivity contribution in [1.82, 2.24) is 0 Å². The van der Waals surface area contributed by atoms with E-state index in [0.29, 0.717) is 13.0 Å². The molecule has 0 fully saturated rings. The molecule has 8 nitrogen and oxygen atoms in total. The van der Waals surface area contributed by atoms with Gasteiger partial charge in [-0.05, 0) is 6.42 Å². The molecule has 126 valence electrons. The van der Waals surface area contributed by atoms with E-state index in [4.69, 9.17) is 9.66 Å². The van der Waals surface area contributed by atoms with Crippen molar-refractivity contribution in [2.24, 2.45) is 0 Å². The van der Waals surface area contributed by atoms with Gasteiger partial charge < -0.3 is 24.6 Å². The van der Waals surface area contributed by atoms with Gasteiger partial charge in [-0.25, -0.2) is 0 Å². The van der Waals surface area contributed by atoms with Gasteiger partial charge in [0.15, 0.2) is 0 Å². The van der Waals surface area contributed by atoms with Crippen LogP contribution in [-0.4, -0.2) is 78.8 Å². The highest BCUT2D eigenvalue weighted by molar-refractivity contribution is 7.85. The zero-order chi connectivity index (χ0) is 16.7. The Balaban J connectivity index is 5.28. The molecule has 9 heteroatoms. The van der Waals surface area contributed by atoms with Crippen LogP contribution in [0.2, 0.25) is 0 Å². The number of hydrogen-bond acceptors (Lipinski definition) is 6. The molecule has 0 aromatic carbocycles. The molecule has 0 bridgehead atoms. The smallest absolute Gasteiger partial charge is 0.264 e. The molecule has 0 saturated heterocycles. The van der Waals surface area contributed by atoms with Crippen molar-refractivity contribution >= 4 is 16.1 Å². The van der Waals surface area contributed by atoms with Crippen LogP contribution in [-0.2, 0) is 14.9 Å². The number of rotatable bonds is 11. The second kappa shape index (κ2) is 8.04. The molecule has 21 heavy (non-hydrogen) atoms. The van der Waals surface area contributed by atoms with Crippen LogP contribution in [0.5, 0.6) is 0 Å². The van der Waals surface area contributed by atoms with Crippen LogP contribution in [0.3, 0.4) is 0 Å². The summed E-state index contributed by atoms with van der Waals surface area (Å²) in [6, 6.07) is 0. The molecule has 1 atom stereocenters. The lowest BCUT2D eigenvalue weighted by atomic mass is 9.86. The largest absolute Gasteiger partial charge is 0.544 e. The lowest BCUT2D eigenvalue weighted by Crippen LogP contribution is -2.68. The van der Waals surface area contributed by atoms with Crippen LogP contribution >= 0.6 is 0 Å². The SMILES string of the molecule is C[N+](C)(CCCO)C(CCO)(CCCS(=O)(=O)O)C(=O)[O-]. The number of likely N-dealkylation sites (N-methyl/N-ethyl adjacent to an activating group) is 1. The van der Waals surface area contributed by atoms with Gasteiger partial charge in [-0.15, -0.1) is 0 Å². The van der Waals surface area contributed by atoms with Crippen LogP contribution in [0.25, 0.3) is 0 Å². The maximum atomic E-state index is 11.7. The maximum absolute atomic E-state index is 11.7. The van der Waals surface area contributed by atoms with Gasteiger partial charge in [-0.2, -0.15) is 8.42 Å². The van der Waals surface area contributed by atoms with Crippen molar-refractivity contribution in [3.05, 3.63) is 0 Å². The van der Waals surface area contributed by atoms with E-state index in [0.717, 1.165) is 0 Å². The summed E-state index contributed by atoms with van der Waals surface area (Å²) >= 11 is 0. The second-order valence-corrected chi connectivity index (χ2v) is 7.24. The van der Waals surface area contributed by atoms with E-state index in [1.54, 1.807) is 14.1 Å². The van der Waals surface area contributed by atoms with E-state index >= 15 is 0 Å². The third-order valence-electron chi connectivity index (χ3n) is 3.93. The Morgan fingerprint density at radius 3 is 2.10 bits per heavy atom. The van der Waals surface area contributed by atoms with Gasteiger partial charge in [0.05, 0.1) is 26.4 Å². The summed E-state index contributed by atoms with van der Waals surface area (Å²) in [6.45, 7) is -0.161. The van der Waals surface area contributed by atoms with Crippen molar-refractivity contribution < 1.29 is 37.6 Å². The van der Waals surface area contributed by atoms with Crippen LogP contribution in [0.15, 0.2) is 0 Å². The fraction of sp³-hybridized carbons (Fsp3) is 0.917. The molecule has 0 spiro atoms. The molecule has 1 unspecified atom stereocenters. The maximum Gasteiger partial charge on any atom is 0.264 e. The highest BCUT2D eigenvalue weighted by Crippen LogP contribution is 2.30. The summed E-state index contributed by atoms with van der Waals surface area (Å²) in [6.07, 6.45) is 0.146. The first-order valence-corrected chi connectivity index (χ1v) is 8.35. The fourth-order valence-electron chi connectivity index (χ4n) is 2.59. The lowest BCUT2D eigenvalue weighted by Gasteiger charge is -2.49. The zero-order valence-electron chi connectivity index (χ0n) is 12.5. The Kier molecular flexibility index (Phi) is 7.76.